The number of hydrogen-bond donors (Lipinski definition) is 1. The van der Waals surface area contributed by atoms with Gasteiger partial charge in [-0.05, 0) is 25.0 Å². The maximum Gasteiger partial charge on any atom is 0.242 e. The second kappa shape index (κ2) is 5.71. The number of rotatable bonds is 3. The van der Waals surface area contributed by atoms with Crippen molar-refractivity contribution in [2.24, 2.45) is 0 Å². The Morgan fingerprint density at radius 3 is 2.71 bits per heavy atom. The minimum absolute atomic E-state index is 0.0363. The predicted molar refractivity (Wildman–Crippen MR) is 73.1 cm³/mol. The number of sulfonamides is 1. The molecule has 9 heteroatoms. The standard InChI is InChI=1S/C12H13FN2O4S2/c13-11-4-1-5-12(10(11)7-14)21(18,19)15-9-3-2-6-20(16,17)8-9/h1,4-5,9,15H,2-3,6,8H2. The van der Waals surface area contributed by atoms with Gasteiger partial charge in [-0.15, -0.1) is 0 Å². The normalized spacial score (nSPS) is 21.6. The first kappa shape index (κ1) is 15.9. The van der Waals surface area contributed by atoms with E-state index >= 15 is 0 Å². The summed E-state index contributed by atoms with van der Waals surface area (Å²) in [4.78, 5) is -0.479. The molecule has 0 saturated carbocycles. The zero-order valence-electron chi connectivity index (χ0n) is 10.9. The summed E-state index contributed by atoms with van der Waals surface area (Å²) in [6.45, 7) is 0. The average molecular weight is 332 g/mol. The quantitative estimate of drug-likeness (QED) is 0.870. The summed E-state index contributed by atoms with van der Waals surface area (Å²) in [5, 5.41) is 8.87. The van der Waals surface area contributed by atoms with Gasteiger partial charge in [0.25, 0.3) is 0 Å². The molecule has 1 aromatic rings. The molecule has 1 aliphatic heterocycles. The number of nitrogens with one attached hydrogen (secondary N) is 1. The Morgan fingerprint density at radius 2 is 2.10 bits per heavy atom. The summed E-state index contributed by atoms with van der Waals surface area (Å²) in [6, 6.07) is 4.03. The van der Waals surface area contributed by atoms with Gasteiger partial charge in [0.2, 0.25) is 10.0 Å². The van der Waals surface area contributed by atoms with Gasteiger partial charge < -0.3 is 0 Å². The number of hydrogen-bond acceptors (Lipinski definition) is 5. The Kier molecular flexibility index (Phi) is 4.32. The van der Waals surface area contributed by atoms with Crippen LogP contribution in [0.5, 0.6) is 0 Å². The molecule has 0 radical (unpaired) electrons. The van der Waals surface area contributed by atoms with E-state index in [1.54, 1.807) is 0 Å². The van der Waals surface area contributed by atoms with Crippen molar-refractivity contribution in [2.45, 2.75) is 23.8 Å². The van der Waals surface area contributed by atoms with Crippen LogP contribution in [0.1, 0.15) is 18.4 Å². The van der Waals surface area contributed by atoms with Gasteiger partial charge in [0.15, 0.2) is 9.84 Å². The summed E-state index contributed by atoms with van der Waals surface area (Å²) in [5.74, 6) is -1.19. The zero-order valence-corrected chi connectivity index (χ0v) is 12.5. The minimum Gasteiger partial charge on any atom is -0.229 e. The first-order valence-electron chi connectivity index (χ1n) is 6.16. The second-order valence-corrected chi connectivity index (χ2v) is 8.71. The van der Waals surface area contributed by atoms with Crippen molar-refractivity contribution in [3.05, 3.63) is 29.6 Å². The number of nitrogens with zero attached hydrogens (tertiary/aromatic N) is 1. The third kappa shape index (κ3) is 3.58. The fraction of sp³-hybridized carbons (Fsp3) is 0.417. The molecule has 114 valence electrons. The zero-order chi connectivity index (χ0) is 15.7. The molecule has 21 heavy (non-hydrogen) atoms. The lowest BCUT2D eigenvalue weighted by Crippen LogP contribution is -2.43. The van der Waals surface area contributed by atoms with E-state index in [0.717, 1.165) is 12.1 Å². The molecule has 1 aromatic carbocycles. The lowest BCUT2D eigenvalue weighted by Gasteiger charge is -2.23. The van der Waals surface area contributed by atoms with Gasteiger partial charge in [-0.1, -0.05) is 6.07 Å². The van der Waals surface area contributed by atoms with Gasteiger partial charge in [0, 0.05) is 6.04 Å². The maximum atomic E-state index is 13.5. The predicted octanol–water partition coefficient (Wildman–Crippen LogP) is 0.553. The van der Waals surface area contributed by atoms with E-state index < -0.39 is 42.2 Å². The number of halogens is 1. The van der Waals surface area contributed by atoms with Crippen LogP contribution < -0.4 is 4.72 Å². The average Bonchev–Trinajstić information content (AvgIpc) is 2.36. The summed E-state index contributed by atoms with van der Waals surface area (Å²) >= 11 is 0. The van der Waals surface area contributed by atoms with Crippen molar-refractivity contribution < 1.29 is 21.2 Å². The summed E-state index contributed by atoms with van der Waals surface area (Å²) in [7, 11) is -7.43. The molecule has 0 aliphatic carbocycles. The SMILES string of the molecule is N#Cc1c(F)cccc1S(=O)(=O)NC1CCCS(=O)(=O)C1. The highest BCUT2D eigenvalue weighted by Gasteiger charge is 2.30. The molecular formula is C12H13FN2O4S2. The minimum atomic E-state index is -4.15. The molecule has 6 nitrogen and oxygen atoms in total. The van der Waals surface area contributed by atoms with E-state index in [1.807, 2.05) is 0 Å². The van der Waals surface area contributed by atoms with Crippen molar-refractivity contribution in [1.29, 1.82) is 5.26 Å². The molecule has 1 unspecified atom stereocenters. The van der Waals surface area contributed by atoms with Crippen LogP contribution in [0.2, 0.25) is 0 Å². The Labute approximate surface area is 122 Å². The Hall–Kier alpha value is -1.50. The van der Waals surface area contributed by atoms with Crippen LogP contribution in [-0.4, -0.2) is 34.4 Å². The Bertz CT molecular complexity index is 797. The Balaban J connectivity index is 2.32. The van der Waals surface area contributed by atoms with Gasteiger partial charge in [0.05, 0.1) is 11.5 Å². The van der Waals surface area contributed by atoms with E-state index in [-0.39, 0.29) is 11.5 Å². The monoisotopic (exact) mass is 332 g/mol. The van der Waals surface area contributed by atoms with Gasteiger partial charge in [-0.2, -0.15) is 5.26 Å². The van der Waals surface area contributed by atoms with E-state index in [2.05, 4.69) is 4.72 Å². The highest BCUT2D eigenvalue weighted by Crippen LogP contribution is 2.20. The van der Waals surface area contributed by atoms with Crippen LogP contribution in [0.15, 0.2) is 23.1 Å². The molecule has 0 bridgehead atoms. The maximum absolute atomic E-state index is 13.5. The van der Waals surface area contributed by atoms with Crippen molar-refractivity contribution in [1.82, 2.24) is 4.72 Å². The molecule has 1 fully saturated rings. The molecule has 1 heterocycles. The third-order valence-corrected chi connectivity index (χ3v) is 6.55. The van der Waals surface area contributed by atoms with Crippen LogP contribution in [-0.2, 0) is 19.9 Å². The molecule has 1 N–H and O–H groups in total. The van der Waals surface area contributed by atoms with Gasteiger partial charge in [-0.25, -0.2) is 25.9 Å². The molecular weight excluding hydrogens is 319 g/mol. The lowest BCUT2D eigenvalue weighted by atomic mass is 10.2. The highest BCUT2D eigenvalue weighted by molar-refractivity contribution is 7.91. The molecule has 0 spiro atoms. The van der Waals surface area contributed by atoms with Gasteiger partial charge >= 0.3 is 0 Å². The van der Waals surface area contributed by atoms with Crippen LogP contribution in [0.4, 0.5) is 4.39 Å². The fourth-order valence-electron chi connectivity index (χ4n) is 2.24. The van der Waals surface area contributed by atoms with Crippen LogP contribution in [0.3, 0.4) is 0 Å². The molecule has 1 aliphatic rings. The van der Waals surface area contributed by atoms with E-state index in [9.17, 15) is 21.2 Å². The molecule has 2 rings (SSSR count). The fourth-order valence-corrected chi connectivity index (χ4v) is 5.41. The largest absolute Gasteiger partial charge is 0.242 e. The summed E-state index contributed by atoms with van der Waals surface area (Å²) in [5.41, 5.74) is -0.580. The first-order chi connectivity index (χ1) is 9.75. The molecule has 0 amide bonds. The number of benzene rings is 1. The van der Waals surface area contributed by atoms with Gasteiger partial charge in [-0.3, -0.25) is 0 Å². The summed E-state index contributed by atoms with van der Waals surface area (Å²) < 4.78 is 63.2. The first-order valence-corrected chi connectivity index (χ1v) is 9.47. The Morgan fingerprint density at radius 1 is 1.38 bits per heavy atom. The van der Waals surface area contributed by atoms with Crippen molar-refractivity contribution >= 4 is 19.9 Å². The van der Waals surface area contributed by atoms with Crippen molar-refractivity contribution in [3.63, 3.8) is 0 Å². The topological polar surface area (TPSA) is 104 Å². The van der Waals surface area contributed by atoms with E-state index in [4.69, 9.17) is 5.26 Å². The summed E-state index contributed by atoms with van der Waals surface area (Å²) in [6.07, 6.45) is 0.749. The number of sulfone groups is 1. The second-order valence-electron chi connectivity index (χ2n) is 4.80. The van der Waals surface area contributed by atoms with Gasteiger partial charge in [0.1, 0.15) is 22.3 Å². The van der Waals surface area contributed by atoms with Crippen LogP contribution in [0.25, 0.3) is 0 Å². The van der Waals surface area contributed by atoms with Crippen LogP contribution in [0, 0.1) is 17.1 Å². The third-order valence-electron chi connectivity index (χ3n) is 3.16. The number of nitriles is 1. The van der Waals surface area contributed by atoms with E-state index in [0.29, 0.717) is 12.8 Å². The van der Waals surface area contributed by atoms with Crippen LogP contribution >= 0.6 is 0 Å². The van der Waals surface area contributed by atoms with Crippen molar-refractivity contribution in [2.75, 3.05) is 11.5 Å². The lowest BCUT2D eigenvalue weighted by molar-refractivity contribution is 0.516. The smallest absolute Gasteiger partial charge is 0.229 e. The molecule has 0 aromatic heterocycles. The molecule has 1 atom stereocenters. The van der Waals surface area contributed by atoms with Crippen molar-refractivity contribution in [3.8, 4) is 6.07 Å². The highest BCUT2D eigenvalue weighted by atomic mass is 32.2. The molecule has 1 saturated heterocycles. The van der Waals surface area contributed by atoms with E-state index in [1.165, 1.54) is 12.1 Å².